The van der Waals surface area contributed by atoms with Crippen molar-refractivity contribution in [2.45, 2.75) is 25.4 Å². The molecule has 0 spiro atoms. The molecule has 0 saturated carbocycles. The summed E-state index contributed by atoms with van der Waals surface area (Å²) in [5, 5.41) is 5.08. The van der Waals surface area contributed by atoms with Crippen molar-refractivity contribution >= 4 is 23.2 Å². The summed E-state index contributed by atoms with van der Waals surface area (Å²) in [6.45, 7) is 4.48. The van der Waals surface area contributed by atoms with Crippen LogP contribution < -0.4 is 5.32 Å². The van der Waals surface area contributed by atoms with Crippen LogP contribution in [0.25, 0.3) is 0 Å². The zero-order valence-corrected chi connectivity index (χ0v) is 11.8. The molecule has 0 radical (unpaired) electrons. The Bertz CT molecular complexity index is 402. The van der Waals surface area contributed by atoms with Gasteiger partial charge >= 0.3 is 0 Å². The molecule has 2 heterocycles. The topological polar surface area (TPSA) is 15.3 Å². The average molecular weight is 285 g/mol. The summed E-state index contributed by atoms with van der Waals surface area (Å²) < 4.78 is 0. The van der Waals surface area contributed by atoms with E-state index in [4.69, 9.17) is 23.2 Å². The number of benzene rings is 1. The number of likely N-dealkylation sites (tertiary alicyclic amines) is 1. The van der Waals surface area contributed by atoms with Gasteiger partial charge in [0.1, 0.15) is 0 Å². The molecule has 2 atom stereocenters. The first kappa shape index (κ1) is 12.7. The molecule has 2 aliphatic heterocycles. The van der Waals surface area contributed by atoms with Gasteiger partial charge in [-0.2, -0.15) is 0 Å². The molecule has 0 unspecified atom stereocenters. The molecule has 3 rings (SSSR count). The Hall–Kier alpha value is -0.280. The number of nitrogens with one attached hydrogen (secondary N) is 1. The lowest BCUT2D eigenvalue weighted by atomic mass is 9.94. The van der Waals surface area contributed by atoms with E-state index in [0.29, 0.717) is 6.04 Å². The number of hydrogen-bond donors (Lipinski definition) is 1. The van der Waals surface area contributed by atoms with Crippen molar-refractivity contribution in [1.82, 2.24) is 10.2 Å². The molecule has 0 amide bonds. The lowest BCUT2D eigenvalue weighted by Gasteiger charge is -2.24. The number of fused-ring (bicyclic) bond motifs is 1. The van der Waals surface area contributed by atoms with Crippen molar-refractivity contribution in [3.05, 3.63) is 33.8 Å². The molecule has 1 aromatic carbocycles. The second kappa shape index (κ2) is 5.38. The van der Waals surface area contributed by atoms with Crippen molar-refractivity contribution in [3.63, 3.8) is 0 Å². The third kappa shape index (κ3) is 2.83. The minimum atomic E-state index is 0.688. The number of hydrogen-bond acceptors (Lipinski definition) is 2. The van der Waals surface area contributed by atoms with Crippen LogP contribution in [0.2, 0.25) is 10.0 Å². The van der Waals surface area contributed by atoms with Gasteiger partial charge in [-0.1, -0.05) is 23.2 Å². The summed E-state index contributed by atoms with van der Waals surface area (Å²) in [5.74, 6) is 0.827. The van der Waals surface area contributed by atoms with Crippen LogP contribution in [0, 0.1) is 5.92 Å². The van der Waals surface area contributed by atoms with Crippen molar-refractivity contribution < 1.29 is 0 Å². The predicted octanol–water partition coefficient (Wildman–Crippen LogP) is 3.18. The van der Waals surface area contributed by atoms with E-state index in [0.717, 1.165) is 29.1 Å². The van der Waals surface area contributed by atoms with Crippen LogP contribution in [0.15, 0.2) is 18.2 Å². The quantitative estimate of drug-likeness (QED) is 0.898. The fourth-order valence-corrected chi connectivity index (χ4v) is 3.80. The van der Waals surface area contributed by atoms with E-state index in [1.54, 1.807) is 6.07 Å². The highest BCUT2D eigenvalue weighted by molar-refractivity contribution is 6.34. The molecular formula is C14H18Cl2N2. The Kier molecular flexibility index (Phi) is 3.81. The molecule has 4 heteroatoms. The van der Waals surface area contributed by atoms with Gasteiger partial charge < -0.3 is 5.32 Å². The first-order chi connectivity index (χ1) is 8.70. The molecule has 0 aromatic heterocycles. The van der Waals surface area contributed by atoms with Crippen LogP contribution in [0.3, 0.4) is 0 Å². The Labute approximate surface area is 118 Å². The third-order valence-electron chi connectivity index (χ3n) is 4.00. The standard InChI is InChI=1S/C14H18Cl2N2/c15-12-4-10(5-13(16)6-12)7-18-8-11-2-1-3-17-14(11)9-18/h4-6,11,14,17H,1-3,7-9H2/t11-,14+/m0/s1. The van der Waals surface area contributed by atoms with Crippen LogP contribution in [-0.2, 0) is 6.54 Å². The monoisotopic (exact) mass is 284 g/mol. The summed E-state index contributed by atoms with van der Waals surface area (Å²) in [4.78, 5) is 2.51. The maximum Gasteiger partial charge on any atom is 0.0424 e. The van der Waals surface area contributed by atoms with E-state index in [1.165, 1.54) is 31.5 Å². The van der Waals surface area contributed by atoms with Gasteiger partial charge in [-0.3, -0.25) is 4.90 Å². The van der Waals surface area contributed by atoms with Crippen molar-refractivity contribution in [1.29, 1.82) is 0 Å². The molecular weight excluding hydrogens is 267 g/mol. The van der Waals surface area contributed by atoms with Crippen molar-refractivity contribution in [2.75, 3.05) is 19.6 Å². The lowest BCUT2D eigenvalue weighted by molar-refractivity contribution is 0.312. The summed E-state index contributed by atoms with van der Waals surface area (Å²) in [7, 11) is 0. The van der Waals surface area contributed by atoms with Gasteiger partial charge in [0.25, 0.3) is 0 Å². The largest absolute Gasteiger partial charge is 0.312 e. The Morgan fingerprint density at radius 2 is 1.94 bits per heavy atom. The molecule has 18 heavy (non-hydrogen) atoms. The van der Waals surface area contributed by atoms with Crippen LogP contribution in [0.4, 0.5) is 0 Å². The Morgan fingerprint density at radius 3 is 2.67 bits per heavy atom. The predicted molar refractivity (Wildman–Crippen MR) is 76.3 cm³/mol. The Balaban J connectivity index is 1.66. The summed E-state index contributed by atoms with van der Waals surface area (Å²) in [6, 6.07) is 6.51. The van der Waals surface area contributed by atoms with Gasteiger partial charge in [0.2, 0.25) is 0 Å². The molecule has 98 valence electrons. The molecule has 1 N–H and O–H groups in total. The molecule has 0 aliphatic carbocycles. The second-order valence-electron chi connectivity index (χ2n) is 5.43. The Morgan fingerprint density at radius 1 is 1.17 bits per heavy atom. The fraction of sp³-hybridized carbons (Fsp3) is 0.571. The summed E-state index contributed by atoms with van der Waals surface area (Å²) in [5.41, 5.74) is 1.21. The first-order valence-corrected chi connectivity index (χ1v) is 7.37. The lowest BCUT2D eigenvalue weighted by Crippen LogP contribution is -2.40. The SMILES string of the molecule is Clc1cc(Cl)cc(CN2C[C@@H]3CCCN[C@@H]3C2)c1. The maximum atomic E-state index is 6.04. The van der Waals surface area contributed by atoms with Gasteiger partial charge in [-0.05, 0) is 49.1 Å². The number of piperidine rings is 1. The molecule has 2 nitrogen and oxygen atoms in total. The van der Waals surface area contributed by atoms with Crippen molar-refractivity contribution in [3.8, 4) is 0 Å². The van der Waals surface area contributed by atoms with Gasteiger partial charge in [-0.25, -0.2) is 0 Å². The number of halogens is 2. The zero-order chi connectivity index (χ0) is 12.5. The van der Waals surface area contributed by atoms with Crippen LogP contribution in [-0.4, -0.2) is 30.6 Å². The smallest absolute Gasteiger partial charge is 0.0424 e. The second-order valence-corrected chi connectivity index (χ2v) is 6.31. The van der Waals surface area contributed by atoms with Crippen molar-refractivity contribution in [2.24, 2.45) is 5.92 Å². The highest BCUT2D eigenvalue weighted by Gasteiger charge is 2.33. The van der Waals surface area contributed by atoms with Crippen LogP contribution >= 0.6 is 23.2 Å². The molecule has 1 aromatic rings. The van der Waals surface area contributed by atoms with E-state index < -0.39 is 0 Å². The number of rotatable bonds is 2. The van der Waals surface area contributed by atoms with Crippen LogP contribution in [0.5, 0.6) is 0 Å². The summed E-state index contributed by atoms with van der Waals surface area (Å²) >= 11 is 12.1. The van der Waals surface area contributed by atoms with Crippen LogP contribution in [0.1, 0.15) is 18.4 Å². The summed E-state index contributed by atoms with van der Waals surface area (Å²) in [6.07, 6.45) is 2.68. The minimum Gasteiger partial charge on any atom is -0.312 e. The fourth-order valence-electron chi connectivity index (χ4n) is 3.23. The molecule has 2 fully saturated rings. The van der Waals surface area contributed by atoms with E-state index in [-0.39, 0.29) is 0 Å². The molecule has 0 bridgehead atoms. The molecule has 2 saturated heterocycles. The van der Waals surface area contributed by atoms with Gasteiger partial charge in [0.05, 0.1) is 0 Å². The van der Waals surface area contributed by atoms with E-state index in [9.17, 15) is 0 Å². The first-order valence-electron chi connectivity index (χ1n) is 6.61. The van der Waals surface area contributed by atoms with Gasteiger partial charge in [0.15, 0.2) is 0 Å². The highest BCUT2D eigenvalue weighted by Crippen LogP contribution is 2.27. The maximum absolute atomic E-state index is 6.04. The van der Waals surface area contributed by atoms with E-state index in [1.807, 2.05) is 12.1 Å². The average Bonchev–Trinajstić information content (AvgIpc) is 2.69. The zero-order valence-electron chi connectivity index (χ0n) is 10.3. The highest BCUT2D eigenvalue weighted by atomic mass is 35.5. The van der Waals surface area contributed by atoms with Gasteiger partial charge in [0, 0.05) is 35.7 Å². The third-order valence-corrected chi connectivity index (χ3v) is 4.44. The van der Waals surface area contributed by atoms with E-state index >= 15 is 0 Å². The minimum absolute atomic E-state index is 0.688. The number of nitrogens with zero attached hydrogens (tertiary/aromatic N) is 1. The van der Waals surface area contributed by atoms with E-state index in [2.05, 4.69) is 10.2 Å². The molecule has 2 aliphatic rings. The normalized spacial score (nSPS) is 28.3. The van der Waals surface area contributed by atoms with Gasteiger partial charge in [-0.15, -0.1) is 0 Å².